The normalized spacial score (nSPS) is 38.3. The Morgan fingerprint density at radius 2 is 2.06 bits per heavy atom. The van der Waals surface area contributed by atoms with Crippen molar-refractivity contribution in [3.05, 3.63) is 12.2 Å². The van der Waals surface area contributed by atoms with E-state index in [-0.39, 0.29) is 12.5 Å². The van der Waals surface area contributed by atoms with Gasteiger partial charge in [-0.25, -0.2) is 0 Å². The Morgan fingerprint density at radius 3 is 2.53 bits per heavy atom. The first-order valence-electron chi connectivity index (χ1n) is 5.53. The molecule has 6 nitrogen and oxygen atoms in total. The number of ether oxygens (including phenoxy) is 1. The van der Waals surface area contributed by atoms with Crippen molar-refractivity contribution in [1.82, 2.24) is 5.32 Å². The zero-order valence-electron chi connectivity index (χ0n) is 9.91. The van der Waals surface area contributed by atoms with Crippen molar-refractivity contribution in [3.8, 4) is 0 Å². The molecule has 0 saturated carbocycles. The van der Waals surface area contributed by atoms with Crippen LogP contribution in [0.3, 0.4) is 0 Å². The van der Waals surface area contributed by atoms with E-state index in [4.69, 9.17) is 9.84 Å². The molecule has 1 aliphatic rings. The highest BCUT2D eigenvalue weighted by Crippen LogP contribution is 2.22. The van der Waals surface area contributed by atoms with Gasteiger partial charge in [-0.1, -0.05) is 12.2 Å². The predicted octanol–water partition coefficient (Wildman–Crippen LogP) is -1.45. The molecule has 5 atom stereocenters. The molecule has 0 aromatic carbocycles. The summed E-state index contributed by atoms with van der Waals surface area (Å²) in [6.45, 7) is 2.71. The molecule has 4 N–H and O–H groups in total. The third kappa shape index (κ3) is 3.26. The van der Waals surface area contributed by atoms with Crippen LogP contribution in [0, 0.1) is 0 Å². The molecule has 1 aliphatic heterocycles. The Balaban J connectivity index is 2.86. The Labute approximate surface area is 99.9 Å². The van der Waals surface area contributed by atoms with Gasteiger partial charge >= 0.3 is 0 Å². The number of hydrogen-bond acceptors (Lipinski definition) is 5. The van der Waals surface area contributed by atoms with Gasteiger partial charge in [0, 0.05) is 6.92 Å². The van der Waals surface area contributed by atoms with Crippen LogP contribution >= 0.6 is 0 Å². The standard InChI is InChI=1S/C11H19NO5/c1-3-4-7-9(12-6(2)14)11(16)10(15)8(5-13)17-7/h3-4,7-11,13,15-16H,5H2,1-2H3,(H,12,14)/t7-,8-,9+,10+,11-/m0/s1. The van der Waals surface area contributed by atoms with Crippen LogP contribution in [0.25, 0.3) is 0 Å². The van der Waals surface area contributed by atoms with Crippen molar-refractivity contribution in [2.24, 2.45) is 0 Å². The molecule has 98 valence electrons. The number of allylic oxidation sites excluding steroid dienone is 1. The van der Waals surface area contributed by atoms with Crippen molar-refractivity contribution in [2.75, 3.05) is 6.61 Å². The largest absolute Gasteiger partial charge is 0.394 e. The van der Waals surface area contributed by atoms with E-state index in [0.29, 0.717) is 0 Å². The number of carbonyl (C=O) groups excluding carboxylic acids is 1. The zero-order valence-corrected chi connectivity index (χ0v) is 9.91. The summed E-state index contributed by atoms with van der Waals surface area (Å²) in [7, 11) is 0. The first-order valence-corrected chi connectivity index (χ1v) is 5.53. The van der Waals surface area contributed by atoms with E-state index >= 15 is 0 Å². The van der Waals surface area contributed by atoms with E-state index in [1.807, 2.05) is 0 Å². The summed E-state index contributed by atoms with van der Waals surface area (Å²) in [6.07, 6.45) is -0.434. The molecule has 6 heteroatoms. The van der Waals surface area contributed by atoms with E-state index < -0.39 is 30.5 Å². The Kier molecular flexibility index (Phi) is 5.07. The quantitative estimate of drug-likeness (QED) is 0.456. The highest BCUT2D eigenvalue weighted by molar-refractivity contribution is 5.73. The van der Waals surface area contributed by atoms with Crippen LogP contribution in [0.2, 0.25) is 0 Å². The fourth-order valence-electron chi connectivity index (χ4n) is 1.90. The maximum Gasteiger partial charge on any atom is 0.217 e. The summed E-state index contributed by atoms with van der Waals surface area (Å²) in [6, 6.07) is -0.721. The van der Waals surface area contributed by atoms with Crippen molar-refractivity contribution in [2.45, 2.75) is 44.3 Å². The van der Waals surface area contributed by atoms with Gasteiger partial charge in [0.2, 0.25) is 5.91 Å². The molecule has 0 aromatic heterocycles. The second kappa shape index (κ2) is 6.11. The van der Waals surface area contributed by atoms with Crippen molar-refractivity contribution < 1.29 is 24.9 Å². The van der Waals surface area contributed by atoms with Crippen molar-refractivity contribution >= 4 is 5.91 Å². The zero-order chi connectivity index (χ0) is 13.0. The molecule has 0 aliphatic carbocycles. The number of carbonyl (C=O) groups is 1. The summed E-state index contributed by atoms with van der Waals surface area (Å²) < 4.78 is 5.41. The van der Waals surface area contributed by atoms with Crippen LogP contribution in [-0.4, -0.2) is 58.3 Å². The average molecular weight is 245 g/mol. The Morgan fingerprint density at radius 1 is 1.41 bits per heavy atom. The fraction of sp³-hybridized carbons (Fsp3) is 0.727. The SMILES string of the molecule is CC=C[C@@H]1O[C@@H](CO)[C@@H](O)[C@@H](O)[C@@H]1NC(C)=O. The minimum atomic E-state index is -1.22. The van der Waals surface area contributed by atoms with Gasteiger partial charge in [-0.15, -0.1) is 0 Å². The first kappa shape index (κ1) is 14.1. The molecule has 1 heterocycles. The molecule has 0 spiro atoms. The molecular weight excluding hydrogens is 226 g/mol. The van der Waals surface area contributed by atoms with Gasteiger partial charge in [0.1, 0.15) is 18.3 Å². The predicted molar refractivity (Wildman–Crippen MR) is 60.2 cm³/mol. The topological polar surface area (TPSA) is 99.0 Å². The van der Waals surface area contributed by atoms with E-state index in [2.05, 4.69) is 5.32 Å². The van der Waals surface area contributed by atoms with Gasteiger partial charge in [-0.3, -0.25) is 4.79 Å². The lowest BCUT2D eigenvalue weighted by molar-refractivity contribution is -0.183. The first-order chi connectivity index (χ1) is 8.01. The second-order valence-electron chi connectivity index (χ2n) is 4.05. The molecular formula is C11H19NO5. The van der Waals surface area contributed by atoms with Crippen molar-refractivity contribution in [3.63, 3.8) is 0 Å². The summed E-state index contributed by atoms with van der Waals surface area (Å²) >= 11 is 0. The van der Waals surface area contributed by atoms with Gasteiger partial charge in [0.15, 0.2) is 0 Å². The molecule has 1 amide bonds. The van der Waals surface area contributed by atoms with Gasteiger partial charge in [0.05, 0.1) is 18.8 Å². The van der Waals surface area contributed by atoms with Crippen LogP contribution in [0.15, 0.2) is 12.2 Å². The lowest BCUT2D eigenvalue weighted by Gasteiger charge is -2.41. The average Bonchev–Trinajstić information content (AvgIpc) is 2.28. The van der Waals surface area contributed by atoms with Gasteiger partial charge in [0.25, 0.3) is 0 Å². The molecule has 0 aromatic rings. The second-order valence-corrected chi connectivity index (χ2v) is 4.05. The molecule has 0 radical (unpaired) electrons. The molecule has 1 rings (SSSR count). The summed E-state index contributed by atoms with van der Waals surface area (Å²) in [5.41, 5.74) is 0. The number of aliphatic hydroxyl groups excluding tert-OH is 3. The van der Waals surface area contributed by atoms with E-state index in [1.165, 1.54) is 6.92 Å². The van der Waals surface area contributed by atoms with Crippen LogP contribution in [-0.2, 0) is 9.53 Å². The number of hydrogen-bond donors (Lipinski definition) is 4. The summed E-state index contributed by atoms with van der Waals surface area (Å²) in [5.74, 6) is -0.318. The minimum Gasteiger partial charge on any atom is -0.394 e. The van der Waals surface area contributed by atoms with Crippen LogP contribution < -0.4 is 5.32 Å². The van der Waals surface area contributed by atoms with Crippen LogP contribution in [0.4, 0.5) is 0 Å². The monoisotopic (exact) mass is 245 g/mol. The highest BCUT2D eigenvalue weighted by atomic mass is 16.5. The third-order valence-corrected chi connectivity index (χ3v) is 2.72. The van der Waals surface area contributed by atoms with E-state index in [1.54, 1.807) is 19.1 Å². The molecule has 0 bridgehead atoms. The number of nitrogens with one attached hydrogen (secondary N) is 1. The van der Waals surface area contributed by atoms with Crippen LogP contribution in [0.1, 0.15) is 13.8 Å². The summed E-state index contributed by atoms with van der Waals surface area (Å²) in [4.78, 5) is 11.0. The highest BCUT2D eigenvalue weighted by Gasteiger charge is 2.43. The molecule has 17 heavy (non-hydrogen) atoms. The van der Waals surface area contributed by atoms with Gasteiger partial charge < -0.3 is 25.4 Å². The third-order valence-electron chi connectivity index (χ3n) is 2.72. The lowest BCUT2D eigenvalue weighted by Crippen LogP contribution is -2.63. The van der Waals surface area contributed by atoms with Crippen molar-refractivity contribution in [1.29, 1.82) is 0 Å². The Bertz CT molecular complexity index is 294. The Hall–Kier alpha value is -0.950. The number of rotatable bonds is 3. The van der Waals surface area contributed by atoms with Gasteiger partial charge in [-0.2, -0.15) is 0 Å². The lowest BCUT2D eigenvalue weighted by atomic mass is 9.92. The van der Waals surface area contributed by atoms with E-state index in [9.17, 15) is 15.0 Å². The molecule has 1 saturated heterocycles. The van der Waals surface area contributed by atoms with Crippen LogP contribution in [0.5, 0.6) is 0 Å². The van der Waals surface area contributed by atoms with E-state index in [0.717, 1.165) is 0 Å². The minimum absolute atomic E-state index is 0.318. The maximum atomic E-state index is 11.0. The number of amides is 1. The summed E-state index contributed by atoms with van der Waals surface area (Å²) in [5, 5.41) is 31.2. The maximum absolute atomic E-state index is 11.0. The molecule has 0 unspecified atom stereocenters. The fourth-order valence-corrected chi connectivity index (χ4v) is 1.90. The molecule has 1 fully saturated rings. The number of aliphatic hydroxyl groups is 3. The van der Waals surface area contributed by atoms with Gasteiger partial charge in [-0.05, 0) is 6.92 Å². The smallest absolute Gasteiger partial charge is 0.217 e.